The number of methoxy groups -OCH3 is 1. The van der Waals surface area contributed by atoms with Crippen molar-refractivity contribution in [3.63, 3.8) is 0 Å². The molecule has 3 aromatic rings. The van der Waals surface area contributed by atoms with E-state index in [1.807, 2.05) is 67.8 Å². The number of ether oxygens (including phenoxy) is 1. The summed E-state index contributed by atoms with van der Waals surface area (Å²) in [5, 5.41) is 24.1. The predicted molar refractivity (Wildman–Crippen MR) is 168 cm³/mol. The molecule has 0 aliphatic heterocycles. The number of amides is 1. The molecule has 0 fully saturated rings. The Morgan fingerprint density at radius 1 is 1.05 bits per heavy atom. The highest BCUT2D eigenvalue weighted by Gasteiger charge is 2.31. The van der Waals surface area contributed by atoms with Crippen molar-refractivity contribution in [1.29, 1.82) is 0 Å². The number of nitrogens with one attached hydrogen (secondary N) is 1. The number of rotatable bonds is 14. The van der Waals surface area contributed by atoms with Crippen LogP contribution in [0.5, 0.6) is 0 Å². The van der Waals surface area contributed by atoms with E-state index >= 15 is 0 Å². The number of aromatic nitrogens is 1. The van der Waals surface area contributed by atoms with Crippen molar-refractivity contribution >= 4 is 11.9 Å². The Morgan fingerprint density at radius 3 is 2.30 bits per heavy atom. The first-order chi connectivity index (χ1) is 20.6. The molecule has 0 bridgehead atoms. The van der Waals surface area contributed by atoms with Gasteiger partial charge in [-0.3, -0.25) is 9.59 Å². The van der Waals surface area contributed by atoms with Crippen LogP contribution in [-0.2, 0) is 16.1 Å². The molecule has 0 aliphatic rings. The third-order valence-electron chi connectivity index (χ3n) is 7.06. The molecule has 1 heterocycles. The largest absolute Gasteiger partial charge is 0.469 e. The molecule has 2 unspecified atom stereocenters. The summed E-state index contributed by atoms with van der Waals surface area (Å²) in [6.45, 7) is 9.99. The monoisotopic (exact) mass is 588 g/mol. The Balaban J connectivity index is 2.23. The molecule has 7 nitrogen and oxygen atoms in total. The molecule has 1 aromatic heterocycles. The number of benzene rings is 2. The van der Waals surface area contributed by atoms with Crippen molar-refractivity contribution in [2.75, 3.05) is 7.11 Å². The molecule has 2 atom stereocenters. The van der Waals surface area contributed by atoms with Gasteiger partial charge in [-0.15, -0.1) is 0 Å². The van der Waals surface area contributed by atoms with Gasteiger partial charge >= 0.3 is 5.97 Å². The van der Waals surface area contributed by atoms with Gasteiger partial charge in [0.25, 0.3) is 5.91 Å². The molecule has 3 N–H and O–H groups in total. The predicted octanol–water partition coefficient (Wildman–Crippen LogP) is 6.53. The SMILES string of the molecule is C=C/C(=C\C=C/C)NC(=O)c1c(-c2ccccc2)c(-c2ccc(F)cc2)n(CCC(O)CC(O)CC(=O)OC)c1C(C)C. The topological polar surface area (TPSA) is 101 Å². The Kier molecular flexibility index (Phi) is 12.2. The van der Waals surface area contributed by atoms with Crippen molar-refractivity contribution < 1.29 is 28.9 Å². The van der Waals surface area contributed by atoms with Gasteiger partial charge in [-0.25, -0.2) is 4.39 Å². The van der Waals surface area contributed by atoms with Gasteiger partial charge in [0, 0.05) is 23.5 Å². The molecule has 8 heteroatoms. The highest BCUT2D eigenvalue weighted by atomic mass is 19.1. The zero-order valence-corrected chi connectivity index (χ0v) is 25.2. The van der Waals surface area contributed by atoms with Crippen LogP contribution >= 0.6 is 0 Å². The number of hydrogen-bond acceptors (Lipinski definition) is 5. The fraction of sp³-hybridized carbons (Fsp3) is 0.314. The first-order valence-electron chi connectivity index (χ1n) is 14.4. The van der Waals surface area contributed by atoms with E-state index in [-0.39, 0.29) is 36.9 Å². The van der Waals surface area contributed by atoms with Crippen LogP contribution in [0.1, 0.15) is 62.0 Å². The quantitative estimate of drug-likeness (QED) is 0.147. The van der Waals surface area contributed by atoms with Gasteiger partial charge in [0.15, 0.2) is 0 Å². The number of esters is 1. The van der Waals surface area contributed by atoms with Crippen LogP contribution in [0.15, 0.2) is 91.2 Å². The normalized spacial score (nSPS) is 13.3. The molecular formula is C35H41FN2O5. The lowest BCUT2D eigenvalue weighted by atomic mass is 9.94. The third-order valence-corrected chi connectivity index (χ3v) is 7.06. The van der Waals surface area contributed by atoms with Crippen molar-refractivity contribution in [3.05, 3.63) is 108 Å². The average molecular weight is 589 g/mol. The summed E-state index contributed by atoms with van der Waals surface area (Å²) in [5.74, 6) is -1.39. The molecule has 0 saturated heterocycles. The molecule has 1 amide bonds. The Hall–Kier alpha value is -4.27. The maximum absolute atomic E-state index is 14.1. The average Bonchev–Trinajstić information content (AvgIpc) is 3.34. The number of nitrogens with zero attached hydrogens (tertiary/aromatic N) is 1. The zero-order valence-electron chi connectivity index (χ0n) is 25.2. The van der Waals surface area contributed by atoms with Gasteiger partial charge in [0.05, 0.1) is 37.0 Å². The van der Waals surface area contributed by atoms with E-state index in [2.05, 4.69) is 16.6 Å². The van der Waals surface area contributed by atoms with E-state index in [4.69, 9.17) is 0 Å². The third kappa shape index (κ3) is 8.63. The Morgan fingerprint density at radius 2 is 1.72 bits per heavy atom. The number of aliphatic hydroxyl groups is 2. The smallest absolute Gasteiger partial charge is 0.308 e. The van der Waals surface area contributed by atoms with Gasteiger partial charge in [0.2, 0.25) is 0 Å². The van der Waals surface area contributed by atoms with Crippen molar-refractivity contribution in [2.24, 2.45) is 0 Å². The first-order valence-corrected chi connectivity index (χ1v) is 14.4. The summed E-state index contributed by atoms with van der Waals surface area (Å²) in [7, 11) is 1.24. The van der Waals surface area contributed by atoms with Crippen LogP contribution in [0.3, 0.4) is 0 Å². The lowest BCUT2D eigenvalue weighted by Crippen LogP contribution is -2.25. The molecular weight excluding hydrogens is 547 g/mol. The van der Waals surface area contributed by atoms with Crippen LogP contribution in [0, 0.1) is 5.82 Å². The standard InChI is InChI=1S/C35H41FN2O5/c1-6-8-14-27(7-2)37-35(42)32-31(24-12-10-9-11-13-24)34(25-15-17-26(36)18-16-25)38(33(32)23(3)4)20-19-28(39)21-29(40)22-30(41)43-5/h6-18,23,28-29,39-40H,2,19-22H2,1,3-5H3,(H,37,42)/b8-6-,27-14+. The van der Waals surface area contributed by atoms with E-state index in [9.17, 15) is 24.2 Å². The van der Waals surface area contributed by atoms with E-state index < -0.39 is 18.2 Å². The summed E-state index contributed by atoms with van der Waals surface area (Å²) in [5.41, 5.74) is 4.64. The number of carbonyl (C=O) groups excluding carboxylic acids is 2. The van der Waals surface area contributed by atoms with Gasteiger partial charge in [-0.05, 0) is 73.2 Å². The number of hydrogen-bond donors (Lipinski definition) is 3. The lowest BCUT2D eigenvalue weighted by Gasteiger charge is -2.20. The number of halogens is 1. The number of aliphatic hydroxyl groups excluding tert-OH is 2. The lowest BCUT2D eigenvalue weighted by molar-refractivity contribution is -0.143. The van der Waals surface area contributed by atoms with E-state index in [1.165, 1.54) is 19.2 Å². The highest BCUT2D eigenvalue weighted by Crippen LogP contribution is 2.42. The van der Waals surface area contributed by atoms with Gasteiger partial charge < -0.3 is 24.8 Å². The van der Waals surface area contributed by atoms with Crippen LogP contribution in [0.2, 0.25) is 0 Å². The number of allylic oxidation sites excluding steroid dienone is 4. The van der Waals surface area contributed by atoms with E-state index in [0.717, 1.165) is 11.3 Å². The van der Waals surface area contributed by atoms with Gasteiger partial charge in [0.1, 0.15) is 5.82 Å². The van der Waals surface area contributed by atoms with Crippen molar-refractivity contribution in [2.45, 2.75) is 64.7 Å². The summed E-state index contributed by atoms with van der Waals surface area (Å²) in [4.78, 5) is 25.7. The van der Waals surface area contributed by atoms with E-state index in [0.29, 0.717) is 34.6 Å². The van der Waals surface area contributed by atoms with Crippen molar-refractivity contribution in [3.8, 4) is 22.4 Å². The summed E-state index contributed by atoms with van der Waals surface area (Å²) < 4.78 is 20.7. The molecule has 0 saturated carbocycles. The molecule has 0 radical (unpaired) electrons. The van der Waals surface area contributed by atoms with Crippen LogP contribution < -0.4 is 5.32 Å². The Bertz CT molecular complexity index is 1460. The molecule has 228 valence electrons. The van der Waals surface area contributed by atoms with Crippen LogP contribution in [-0.4, -0.2) is 46.0 Å². The maximum Gasteiger partial charge on any atom is 0.308 e. The van der Waals surface area contributed by atoms with E-state index in [1.54, 1.807) is 24.3 Å². The fourth-order valence-corrected chi connectivity index (χ4v) is 5.12. The molecule has 3 rings (SSSR count). The second-order valence-electron chi connectivity index (χ2n) is 10.6. The summed E-state index contributed by atoms with van der Waals surface area (Å²) in [6.07, 6.45) is 4.99. The molecule has 2 aromatic carbocycles. The van der Waals surface area contributed by atoms with Crippen LogP contribution in [0.4, 0.5) is 4.39 Å². The van der Waals surface area contributed by atoms with Crippen LogP contribution in [0.25, 0.3) is 22.4 Å². The molecule has 43 heavy (non-hydrogen) atoms. The second kappa shape index (κ2) is 15.8. The Labute approximate surface area is 253 Å². The minimum Gasteiger partial charge on any atom is -0.469 e. The summed E-state index contributed by atoms with van der Waals surface area (Å²) in [6, 6.07) is 15.6. The zero-order chi connectivity index (χ0) is 31.5. The van der Waals surface area contributed by atoms with Crippen molar-refractivity contribution in [1.82, 2.24) is 9.88 Å². The minimum atomic E-state index is -1.06. The number of carbonyl (C=O) groups is 2. The molecule has 0 spiro atoms. The summed E-state index contributed by atoms with van der Waals surface area (Å²) >= 11 is 0. The van der Waals surface area contributed by atoms with Gasteiger partial charge in [-0.1, -0.05) is 62.9 Å². The molecule has 0 aliphatic carbocycles. The fourth-order valence-electron chi connectivity index (χ4n) is 5.12. The second-order valence-corrected chi connectivity index (χ2v) is 10.6. The maximum atomic E-state index is 14.1. The minimum absolute atomic E-state index is 0.0173. The highest BCUT2D eigenvalue weighted by molar-refractivity contribution is 6.07. The first kappa shape index (κ1) is 33.2. The van der Waals surface area contributed by atoms with Gasteiger partial charge in [-0.2, -0.15) is 0 Å².